The van der Waals surface area contributed by atoms with Gasteiger partial charge in [-0.1, -0.05) is 37.5 Å². The Morgan fingerprint density at radius 2 is 1.74 bits per heavy atom. The van der Waals surface area contributed by atoms with Crippen LogP contribution < -0.4 is 5.32 Å². The number of carbonyl (C=O) groups excluding carboxylic acids is 1. The molecule has 50 heavy (non-hydrogen) atoms. The third-order valence-corrected chi connectivity index (χ3v) is 11.7. The van der Waals surface area contributed by atoms with E-state index in [-0.39, 0.29) is 29.6 Å². The fourth-order valence-corrected chi connectivity index (χ4v) is 9.08. The maximum absolute atomic E-state index is 14.7. The van der Waals surface area contributed by atoms with Crippen LogP contribution >= 0.6 is 11.3 Å². The number of halogens is 2. The number of benzene rings is 2. The molecule has 11 heteroatoms. The van der Waals surface area contributed by atoms with E-state index in [2.05, 4.69) is 14.9 Å². The van der Waals surface area contributed by atoms with Crippen LogP contribution in [-0.4, -0.2) is 64.3 Å². The van der Waals surface area contributed by atoms with Crippen molar-refractivity contribution < 1.29 is 28.2 Å². The Balaban J connectivity index is 1.31. The molecule has 8 nitrogen and oxygen atoms in total. The molecular formula is C39H40F2N4O4S. The van der Waals surface area contributed by atoms with Gasteiger partial charge in [-0.25, -0.2) is 18.6 Å². The van der Waals surface area contributed by atoms with Crippen LogP contribution in [0.1, 0.15) is 71.7 Å². The minimum Gasteiger partial charge on any atom is -0.477 e. The van der Waals surface area contributed by atoms with Gasteiger partial charge in [-0.05, 0) is 85.5 Å². The minimum atomic E-state index is -0.949. The summed E-state index contributed by atoms with van der Waals surface area (Å²) in [7, 11) is 0. The summed E-state index contributed by atoms with van der Waals surface area (Å²) >= 11 is 1.34. The van der Waals surface area contributed by atoms with Crippen molar-refractivity contribution in [2.24, 2.45) is 5.92 Å². The molecule has 3 aliphatic rings. The summed E-state index contributed by atoms with van der Waals surface area (Å²) in [6, 6.07) is 13.1. The number of aromatic carboxylic acids is 1. The highest BCUT2D eigenvalue weighted by Gasteiger charge is 2.33. The zero-order valence-corrected chi connectivity index (χ0v) is 28.7. The van der Waals surface area contributed by atoms with E-state index >= 15 is 0 Å². The SMILES string of the molecule is O=C(O)c1sc2c(C3CCCCC3)c(-c3ccc4nc(-c5c(F)cccc5F)ccc4c3)n(CC(=O)N3CCOCC3)c2c1CNCC1CC1. The number of nitrogens with one attached hydrogen (secondary N) is 1. The third-order valence-electron chi connectivity index (χ3n) is 10.5. The molecular weight excluding hydrogens is 659 g/mol. The Morgan fingerprint density at radius 1 is 0.980 bits per heavy atom. The first-order valence-corrected chi connectivity index (χ1v) is 18.5. The fourth-order valence-electron chi connectivity index (χ4n) is 7.79. The zero-order chi connectivity index (χ0) is 34.4. The van der Waals surface area contributed by atoms with Crippen molar-refractivity contribution in [3.63, 3.8) is 0 Å². The van der Waals surface area contributed by atoms with Crippen molar-refractivity contribution in [3.05, 3.63) is 76.2 Å². The van der Waals surface area contributed by atoms with Gasteiger partial charge in [0.25, 0.3) is 0 Å². The van der Waals surface area contributed by atoms with Gasteiger partial charge in [0.05, 0.1) is 45.9 Å². The Labute approximate surface area is 293 Å². The summed E-state index contributed by atoms with van der Waals surface area (Å²) in [6.07, 6.45) is 7.70. The molecule has 8 rings (SSSR count). The molecule has 2 saturated carbocycles. The van der Waals surface area contributed by atoms with Crippen LogP contribution in [-0.2, 0) is 22.6 Å². The number of carbonyl (C=O) groups is 2. The molecule has 0 spiro atoms. The van der Waals surface area contributed by atoms with E-state index in [4.69, 9.17) is 4.74 Å². The molecule has 0 atom stereocenters. The Morgan fingerprint density at radius 3 is 2.46 bits per heavy atom. The quantitative estimate of drug-likeness (QED) is 0.154. The molecule has 1 saturated heterocycles. The number of amides is 1. The topological polar surface area (TPSA) is 96.7 Å². The van der Waals surface area contributed by atoms with Crippen molar-refractivity contribution in [3.8, 4) is 22.5 Å². The average Bonchev–Trinajstić information content (AvgIpc) is 3.80. The molecule has 5 aromatic rings. The molecule has 1 amide bonds. The van der Waals surface area contributed by atoms with Gasteiger partial charge in [0, 0.05) is 30.6 Å². The van der Waals surface area contributed by atoms with Gasteiger partial charge in [-0.2, -0.15) is 0 Å². The van der Waals surface area contributed by atoms with Crippen LogP contribution in [0.25, 0.3) is 43.6 Å². The smallest absolute Gasteiger partial charge is 0.346 e. The van der Waals surface area contributed by atoms with Crippen molar-refractivity contribution in [1.29, 1.82) is 0 Å². The Hall–Kier alpha value is -4.19. The highest BCUT2D eigenvalue weighted by Crippen LogP contribution is 2.49. The number of ether oxygens (including phenoxy) is 1. The van der Waals surface area contributed by atoms with Crippen LogP contribution in [0.5, 0.6) is 0 Å². The highest BCUT2D eigenvalue weighted by molar-refractivity contribution is 7.21. The second kappa shape index (κ2) is 13.8. The summed E-state index contributed by atoms with van der Waals surface area (Å²) in [5.41, 5.74) is 5.16. The number of aromatic nitrogens is 2. The third kappa shape index (κ3) is 6.31. The molecule has 2 N–H and O–H groups in total. The fraction of sp³-hybridized carbons (Fsp3) is 0.410. The maximum Gasteiger partial charge on any atom is 0.346 e. The maximum atomic E-state index is 14.7. The van der Waals surface area contributed by atoms with Gasteiger partial charge in [0.2, 0.25) is 5.91 Å². The van der Waals surface area contributed by atoms with E-state index in [0.29, 0.717) is 49.2 Å². The number of carboxylic acid groups (broad SMARTS) is 1. The summed E-state index contributed by atoms with van der Waals surface area (Å²) in [5, 5.41) is 14.8. The van der Waals surface area contributed by atoms with Gasteiger partial charge in [-0.15, -0.1) is 11.3 Å². The molecule has 1 aliphatic heterocycles. The van der Waals surface area contributed by atoms with E-state index in [0.717, 1.165) is 70.2 Å². The van der Waals surface area contributed by atoms with E-state index in [9.17, 15) is 23.5 Å². The Bertz CT molecular complexity index is 2070. The number of hydrogen-bond donors (Lipinski definition) is 2. The number of hydrogen-bond acceptors (Lipinski definition) is 6. The van der Waals surface area contributed by atoms with E-state index in [1.54, 1.807) is 6.07 Å². The molecule has 2 aliphatic carbocycles. The summed E-state index contributed by atoms with van der Waals surface area (Å²) in [4.78, 5) is 33.6. The number of rotatable bonds is 10. The number of nitrogens with zero attached hydrogens (tertiary/aromatic N) is 3. The second-order valence-electron chi connectivity index (χ2n) is 13.8. The van der Waals surface area contributed by atoms with Crippen LogP contribution in [0, 0.1) is 17.6 Å². The van der Waals surface area contributed by atoms with E-state index < -0.39 is 17.6 Å². The predicted molar refractivity (Wildman–Crippen MR) is 191 cm³/mol. The number of morpholine rings is 1. The summed E-state index contributed by atoms with van der Waals surface area (Å²) < 4.78 is 37.9. The van der Waals surface area contributed by atoms with Crippen LogP contribution in [0.15, 0.2) is 48.5 Å². The lowest BCUT2D eigenvalue weighted by Gasteiger charge is -2.28. The lowest BCUT2D eigenvalue weighted by molar-refractivity contribution is -0.135. The van der Waals surface area contributed by atoms with Gasteiger partial charge < -0.3 is 24.6 Å². The first-order valence-electron chi connectivity index (χ1n) is 17.7. The minimum absolute atomic E-state index is 0.0272. The van der Waals surface area contributed by atoms with Crippen LogP contribution in [0.2, 0.25) is 0 Å². The van der Waals surface area contributed by atoms with Crippen LogP contribution in [0.3, 0.4) is 0 Å². The number of fused-ring (bicyclic) bond motifs is 2. The van der Waals surface area contributed by atoms with Crippen LogP contribution in [0.4, 0.5) is 8.78 Å². The van der Waals surface area contributed by atoms with Gasteiger partial charge >= 0.3 is 5.97 Å². The molecule has 260 valence electrons. The first kappa shape index (κ1) is 33.0. The van der Waals surface area contributed by atoms with Crippen molar-refractivity contribution >= 4 is 44.3 Å². The molecule has 3 aromatic heterocycles. The van der Waals surface area contributed by atoms with Gasteiger partial charge in [0.15, 0.2) is 0 Å². The predicted octanol–water partition coefficient (Wildman–Crippen LogP) is 7.97. The number of carboxylic acids is 1. The van der Waals surface area contributed by atoms with E-state index in [1.807, 2.05) is 29.2 Å². The summed E-state index contributed by atoms with van der Waals surface area (Å²) in [6.45, 7) is 3.33. The standard InChI is InChI=1S/C39H40F2N4O4S/c40-28-7-4-8-29(41)34(28)31-14-11-25-19-26(12-13-30(25)43-31)35-33(24-5-2-1-3-6-24)38-36(45(35)22-32(46)44-15-17-49-18-16-44)27(37(50-38)39(47)48)21-42-20-23-9-10-23/h4,7-8,11-14,19,23-24,42H,1-3,5-6,9-10,15-18,20-22H2,(H,47,48). The molecule has 0 bridgehead atoms. The van der Waals surface area contributed by atoms with Gasteiger partial charge in [-0.3, -0.25) is 4.79 Å². The van der Waals surface area contributed by atoms with Gasteiger partial charge in [0.1, 0.15) is 23.1 Å². The Kier molecular flexibility index (Phi) is 9.13. The molecule has 0 radical (unpaired) electrons. The monoisotopic (exact) mass is 698 g/mol. The zero-order valence-electron chi connectivity index (χ0n) is 27.9. The summed E-state index contributed by atoms with van der Waals surface area (Å²) in [5.74, 6) is -1.47. The lowest BCUT2D eigenvalue weighted by Crippen LogP contribution is -2.42. The van der Waals surface area contributed by atoms with Crippen molar-refractivity contribution in [1.82, 2.24) is 19.8 Å². The largest absolute Gasteiger partial charge is 0.477 e. The number of thiophene rings is 1. The molecule has 0 unspecified atom stereocenters. The number of pyridine rings is 1. The average molecular weight is 699 g/mol. The van der Waals surface area contributed by atoms with Crippen molar-refractivity contribution in [2.45, 2.75) is 64.0 Å². The normalized spacial score (nSPS) is 17.2. The second-order valence-corrected chi connectivity index (χ2v) is 14.9. The molecule has 2 aromatic carbocycles. The van der Waals surface area contributed by atoms with E-state index in [1.165, 1.54) is 48.8 Å². The molecule has 4 heterocycles. The molecule has 3 fully saturated rings. The first-order chi connectivity index (χ1) is 24.4. The highest BCUT2D eigenvalue weighted by atomic mass is 32.1. The van der Waals surface area contributed by atoms with Crippen molar-refractivity contribution in [2.75, 3.05) is 32.8 Å². The lowest BCUT2D eigenvalue weighted by atomic mass is 9.83.